The van der Waals surface area contributed by atoms with E-state index >= 15 is 0 Å². The SMILES string of the molecule is CC(O)COCCOCC#CCOCCOCC(C)O. The third-order valence-electron chi connectivity index (χ3n) is 1.94. The molecule has 0 amide bonds. The lowest BCUT2D eigenvalue weighted by molar-refractivity contribution is 0.0145. The molecule has 0 heterocycles. The predicted octanol–water partition coefficient (Wildman–Crippen LogP) is -0.182. The topological polar surface area (TPSA) is 77.4 Å². The van der Waals surface area contributed by atoms with Crippen LogP contribution in [0.4, 0.5) is 0 Å². The zero-order valence-corrected chi connectivity index (χ0v) is 12.3. The maximum Gasteiger partial charge on any atom is 0.107 e. The van der Waals surface area contributed by atoms with Crippen molar-refractivity contribution in [3.05, 3.63) is 0 Å². The van der Waals surface area contributed by atoms with Crippen molar-refractivity contribution < 1.29 is 29.2 Å². The maximum absolute atomic E-state index is 8.93. The van der Waals surface area contributed by atoms with E-state index in [9.17, 15) is 0 Å². The Labute approximate surface area is 121 Å². The molecule has 20 heavy (non-hydrogen) atoms. The Morgan fingerprint density at radius 1 is 0.700 bits per heavy atom. The van der Waals surface area contributed by atoms with Crippen LogP contribution in [0, 0.1) is 11.8 Å². The molecule has 0 saturated heterocycles. The van der Waals surface area contributed by atoms with Crippen molar-refractivity contribution in [1.82, 2.24) is 0 Å². The molecule has 118 valence electrons. The van der Waals surface area contributed by atoms with Gasteiger partial charge in [0.05, 0.1) is 51.8 Å². The van der Waals surface area contributed by atoms with Gasteiger partial charge in [-0.15, -0.1) is 0 Å². The number of rotatable bonds is 12. The van der Waals surface area contributed by atoms with Crippen LogP contribution in [0.5, 0.6) is 0 Å². The van der Waals surface area contributed by atoms with Crippen LogP contribution < -0.4 is 0 Å². The fraction of sp³-hybridized carbons (Fsp3) is 0.857. The first kappa shape index (κ1) is 19.3. The van der Waals surface area contributed by atoms with Crippen molar-refractivity contribution >= 4 is 0 Å². The van der Waals surface area contributed by atoms with Crippen molar-refractivity contribution in [2.45, 2.75) is 26.1 Å². The third kappa shape index (κ3) is 17.3. The Morgan fingerprint density at radius 3 is 1.40 bits per heavy atom. The monoisotopic (exact) mass is 290 g/mol. The second kappa shape index (κ2) is 14.7. The van der Waals surface area contributed by atoms with E-state index in [4.69, 9.17) is 29.2 Å². The number of hydrogen-bond donors (Lipinski definition) is 2. The summed E-state index contributed by atoms with van der Waals surface area (Å²) < 4.78 is 20.6. The number of ether oxygens (including phenoxy) is 4. The van der Waals surface area contributed by atoms with Gasteiger partial charge in [-0.3, -0.25) is 0 Å². The zero-order valence-electron chi connectivity index (χ0n) is 12.3. The van der Waals surface area contributed by atoms with Crippen LogP contribution in [0.2, 0.25) is 0 Å². The summed E-state index contributed by atoms with van der Waals surface area (Å²) in [6.45, 7) is 6.45. The van der Waals surface area contributed by atoms with E-state index in [1.165, 1.54) is 0 Å². The van der Waals surface area contributed by atoms with Crippen LogP contribution >= 0.6 is 0 Å². The second-order valence-corrected chi connectivity index (χ2v) is 4.31. The molecule has 2 N–H and O–H groups in total. The van der Waals surface area contributed by atoms with E-state index in [0.29, 0.717) is 52.9 Å². The highest BCUT2D eigenvalue weighted by molar-refractivity contribution is 4.99. The zero-order chi connectivity index (χ0) is 15.1. The second-order valence-electron chi connectivity index (χ2n) is 4.31. The number of hydrogen-bond acceptors (Lipinski definition) is 6. The van der Waals surface area contributed by atoms with Crippen molar-refractivity contribution in [3.63, 3.8) is 0 Å². The molecule has 6 nitrogen and oxygen atoms in total. The van der Waals surface area contributed by atoms with Gasteiger partial charge in [-0.1, -0.05) is 11.8 Å². The van der Waals surface area contributed by atoms with Crippen LogP contribution in [-0.4, -0.2) is 75.3 Å². The molecule has 0 aliphatic heterocycles. The first-order chi connectivity index (χ1) is 9.63. The minimum absolute atomic E-state index is 0.319. The first-order valence-electron chi connectivity index (χ1n) is 6.75. The van der Waals surface area contributed by atoms with Crippen LogP contribution in [0.3, 0.4) is 0 Å². The number of aliphatic hydroxyl groups excluding tert-OH is 2. The molecule has 6 heteroatoms. The standard InChI is InChI=1S/C14H26O6/c1-13(15)11-19-9-7-17-5-3-4-6-18-8-10-20-12-14(2)16/h13-16H,5-12H2,1-2H3. The largest absolute Gasteiger partial charge is 0.391 e. The van der Waals surface area contributed by atoms with Gasteiger partial charge < -0.3 is 29.2 Å². The van der Waals surface area contributed by atoms with E-state index in [0.717, 1.165) is 0 Å². The summed E-state index contributed by atoms with van der Waals surface area (Å²) in [6.07, 6.45) is -0.895. The molecular formula is C14H26O6. The Balaban J connectivity index is 3.14. The third-order valence-corrected chi connectivity index (χ3v) is 1.94. The van der Waals surface area contributed by atoms with Crippen LogP contribution in [0.15, 0.2) is 0 Å². The minimum Gasteiger partial charge on any atom is -0.391 e. The fourth-order valence-electron chi connectivity index (χ4n) is 1.09. The van der Waals surface area contributed by atoms with E-state index in [2.05, 4.69) is 11.8 Å². The normalized spacial score (nSPS) is 13.6. The van der Waals surface area contributed by atoms with Crippen LogP contribution in [-0.2, 0) is 18.9 Å². The van der Waals surface area contributed by atoms with Gasteiger partial charge in [0.25, 0.3) is 0 Å². The van der Waals surface area contributed by atoms with Gasteiger partial charge in [-0.25, -0.2) is 0 Å². The molecule has 0 aromatic heterocycles. The highest BCUT2D eigenvalue weighted by Gasteiger charge is 1.95. The highest BCUT2D eigenvalue weighted by Crippen LogP contribution is 1.84. The summed E-state index contributed by atoms with van der Waals surface area (Å²) in [5, 5.41) is 17.9. The van der Waals surface area contributed by atoms with Gasteiger partial charge >= 0.3 is 0 Å². The van der Waals surface area contributed by atoms with Crippen molar-refractivity contribution in [3.8, 4) is 11.8 Å². The van der Waals surface area contributed by atoms with Gasteiger partial charge in [-0.05, 0) is 13.8 Å². The summed E-state index contributed by atoms with van der Waals surface area (Å²) in [5.41, 5.74) is 0. The smallest absolute Gasteiger partial charge is 0.107 e. The van der Waals surface area contributed by atoms with Crippen LogP contribution in [0.25, 0.3) is 0 Å². The molecule has 0 aromatic carbocycles. The number of aliphatic hydroxyl groups is 2. The van der Waals surface area contributed by atoms with Gasteiger partial charge in [-0.2, -0.15) is 0 Å². The van der Waals surface area contributed by atoms with Crippen molar-refractivity contribution in [2.24, 2.45) is 0 Å². The molecule has 0 saturated carbocycles. The summed E-state index contributed by atoms with van der Waals surface area (Å²) >= 11 is 0. The highest BCUT2D eigenvalue weighted by atomic mass is 16.5. The van der Waals surface area contributed by atoms with E-state index in [-0.39, 0.29) is 0 Å². The summed E-state index contributed by atoms with van der Waals surface area (Å²) in [4.78, 5) is 0. The molecule has 0 rings (SSSR count). The molecule has 0 aliphatic carbocycles. The van der Waals surface area contributed by atoms with Gasteiger partial charge in [0, 0.05) is 0 Å². The molecule has 0 spiro atoms. The molecular weight excluding hydrogens is 264 g/mol. The van der Waals surface area contributed by atoms with Crippen molar-refractivity contribution in [2.75, 3.05) is 52.9 Å². The lowest BCUT2D eigenvalue weighted by Crippen LogP contribution is -2.14. The van der Waals surface area contributed by atoms with Gasteiger partial charge in [0.2, 0.25) is 0 Å². The molecule has 0 radical (unpaired) electrons. The maximum atomic E-state index is 8.93. The molecule has 2 atom stereocenters. The Morgan fingerprint density at radius 2 is 1.05 bits per heavy atom. The van der Waals surface area contributed by atoms with Gasteiger partial charge in [0.15, 0.2) is 0 Å². The fourth-order valence-corrected chi connectivity index (χ4v) is 1.09. The predicted molar refractivity (Wildman–Crippen MR) is 74.4 cm³/mol. The Bertz CT molecular complexity index is 232. The average Bonchev–Trinajstić information content (AvgIpc) is 2.38. The Hall–Kier alpha value is -0.680. The average molecular weight is 290 g/mol. The Kier molecular flexibility index (Phi) is 14.2. The molecule has 0 bridgehead atoms. The van der Waals surface area contributed by atoms with Crippen molar-refractivity contribution in [1.29, 1.82) is 0 Å². The molecule has 0 fully saturated rings. The summed E-state index contributed by atoms with van der Waals surface area (Å²) in [5.74, 6) is 5.62. The quantitative estimate of drug-likeness (QED) is 0.383. The summed E-state index contributed by atoms with van der Waals surface area (Å²) in [7, 11) is 0. The lowest BCUT2D eigenvalue weighted by atomic mass is 10.4. The minimum atomic E-state index is -0.448. The van der Waals surface area contributed by atoms with E-state index in [1.54, 1.807) is 13.8 Å². The molecule has 0 aliphatic rings. The van der Waals surface area contributed by atoms with Gasteiger partial charge in [0.1, 0.15) is 13.2 Å². The van der Waals surface area contributed by atoms with E-state index < -0.39 is 12.2 Å². The molecule has 2 unspecified atom stereocenters. The lowest BCUT2D eigenvalue weighted by Gasteiger charge is -2.05. The molecule has 0 aromatic rings. The first-order valence-corrected chi connectivity index (χ1v) is 6.75. The summed E-state index contributed by atoms with van der Waals surface area (Å²) in [6, 6.07) is 0. The van der Waals surface area contributed by atoms with Crippen LogP contribution in [0.1, 0.15) is 13.8 Å². The van der Waals surface area contributed by atoms with E-state index in [1.807, 2.05) is 0 Å².